The molecule has 3 aromatic carbocycles. The predicted octanol–water partition coefficient (Wildman–Crippen LogP) is 5.68. The fraction of sp³-hybridized carbons (Fsp3) is 0.185. The van der Waals surface area contributed by atoms with E-state index in [1.54, 1.807) is 0 Å². The summed E-state index contributed by atoms with van der Waals surface area (Å²) in [7, 11) is 1.39. The molecule has 3 heteroatoms. The van der Waals surface area contributed by atoms with E-state index in [2.05, 4.69) is 24.3 Å². The third-order valence-electron chi connectivity index (χ3n) is 5.84. The predicted molar refractivity (Wildman–Crippen MR) is 119 cm³/mol. The van der Waals surface area contributed by atoms with Crippen LogP contribution in [0.1, 0.15) is 34.3 Å². The first-order valence-electron chi connectivity index (χ1n) is 10.2. The number of Topliss-reactive ketones (excluding diaryl/α,β-unsaturated/α-hetero) is 1. The number of hydrogen-bond donors (Lipinski definition) is 0. The third-order valence-corrected chi connectivity index (χ3v) is 5.84. The Morgan fingerprint density at radius 2 is 1.10 bits per heavy atom. The average molecular weight is 396 g/mol. The summed E-state index contributed by atoms with van der Waals surface area (Å²) in [6.07, 6.45) is 0.978. The number of carbonyl (C=O) groups is 2. The molecule has 0 spiro atoms. The number of esters is 1. The molecule has 0 fully saturated rings. The minimum absolute atomic E-state index is 0.00783. The van der Waals surface area contributed by atoms with E-state index in [-0.39, 0.29) is 11.8 Å². The van der Waals surface area contributed by atoms with Gasteiger partial charge in [-0.2, -0.15) is 0 Å². The second kappa shape index (κ2) is 8.91. The number of ketones is 1. The zero-order chi connectivity index (χ0) is 20.9. The lowest BCUT2D eigenvalue weighted by Gasteiger charge is -2.33. The van der Waals surface area contributed by atoms with E-state index in [0.29, 0.717) is 18.4 Å². The molecule has 0 aromatic heterocycles. The minimum atomic E-state index is -0.509. The first kappa shape index (κ1) is 19.8. The summed E-state index contributed by atoms with van der Waals surface area (Å²) >= 11 is 0. The molecule has 0 radical (unpaired) electrons. The van der Waals surface area contributed by atoms with Crippen molar-refractivity contribution in [2.45, 2.75) is 12.8 Å². The van der Waals surface area contributed by atoms with Crippen LogP contribution >= 0.6 is 0 Å². The Labute approximate surface area is 177 Å². The smallest absolute Gasteiger partial charge is 0.309 e. The van der Waals surface area contributed by atoms with Crippen LogP contribution in [-0.4, -0.2) is 18.9 Å². The van der Waals surface area contributed by atoms with Gasteiger partial charge in [0.2, 0.25) is 0 Å². The van der Waals surface area contributed by atoms with E-state index in [1.165, 1.54) is 7.11 Å². The Hall–Kier alpha value is -3.46. The topological polar surface area (TPSA) is 43.4 Å². The molecule has 2 atom stereocenters. The third kappa shape index (κ3) is 3.97. The van der Waals surface area contributed by atoms with Gasteiger partial charge in [-0.15, -0.1) is 0 Å². The average Bonchev–Trinajstić information content (AvgIpc) is 2.84. The Balaban J connectivity index is 1.84. The van der Waals surface area contributed by atoms with Crippen molar-refractivity contribution >= 4 is 22.9 Å². The summed E-state index contributed by atoms with van der Waals surface area (Å²) in [6.45, 7) is 0. The highest BCUT2D eigenvalue weighted by Gasteiger charge is 2.40. The number of ether oxygens (including phenoxy) is 1. The quantitative estimate of drug-likeness (QED) is 0.412. The molecule has 1 aliphatic rings. The van der Waals surface area contributed by atoms with Crippen LogP contribution in [0.4, 0.5) is 0 Å². The first-order chi connectivity index (χ1) is 14.7. The van der Waals surface area contributed by atoms with Crippen LogP contribution in [0.2, 0.25) is 0 Å². The van der Waals surface area contributed by atoms with Crippen LogP contribution < -0.4 is 0 Å². The molecule has 150 valence electrons. The maximum Gasteiger partial charge on any atom is 0.309 e. The number of benzene rings is 3. The van der Waals surface area contributed by atoms with Gasteiger partial charge in [0, 0.05) is 11.5 Å². The Kier molecular flexibility index (Phi) is 5.89. The fourth-order valence-electron chi connectivity index (χ4n) is 4.32. The zero-order valence-corrected chi connectivity index (χ0v) is 17.0. The van der Waals surface area contributed by atoms with Gasteiger partial charge >= 0.3 is 5.97 Å². The van der Waals surface area contributed by atoms with Crippen LogP contribution in [0.5, 0.6) is 0 Å². The van der Waals surface area contributed by atoms with Crippen molar-refractivity contribution < 1.29 is 14.3 Å². The van der Waals surface area contributed by atoms with Crippen LogP contribution in [0.3, 0.4) is 0 Å². The molecule has 1 aliphatic carbocycles. The van der Waals surface area contributed by atoms with Gasteiger partial charge in [0.1, 0.15) is 0 Å². The molecule has 0 unspecified atom stereocenters. The minimum Gasteiger partial charge on any atom is -0.469 e. The summed E-state index contributed by atoms with van der Waals surface area (Å²) in [5.74, 6) is -1.30. The van der Waals surface area contributed by atoms with Crippen LogP contribution in [0.15, 0.2) is 91.0 Å². The van der Waals surface area contributed by atoms with Crippen molar-refractivity contribution in [2.75, 3.05) is 7.11 Å². The molecule has 30 heavy (non-hydrogen) atoms. The van der Waals surface area contributed by atoms with Crippen molar-refractivity contribution in [2.24, 2.45) is 11.8 Å². The maximum absolute atomic E-state index is 13.4. The highest BCUT2D eigenvalue weighted by atomic mass is 16.5. The maximum atomic E-state index is 13.4. The number of allylic oxidation sites excluding steroid dienone is 2. The van der Waals surface area contributed by atoms with Gasteiger partial charge in [-0.05, 0) is 35.1 Å². The standard InChI is InChI=1S/C27H24O3/c1-30-27(29)25-18-23(20-13-7-3-8-14-20)22(19-11-5-2-6-12-19)17-24(25)26(28)21-15-9-4-10-16-21/h2-16,24-25H,17-18H2,1H3/t24-,25+/m0/s1. The summed E-state index contributed by atoms with van der Waals surface area (Å²) < 4.78 is 5.12. The highest BCUT2D eigenvalue weighted by Crippen LogP contribution is 2.45. The van der Waals surface area contributed by atoms with E-state index in [9.17, 15) is 9.59 Å². The zero-order valence-electron chi connectivity index (χ0n) is 17.0. The number of carbonyl (C=O) groups excluding carboxylic acids is 2. The highest BCUT2D eigenvalue weighted by molar-refractivity contribution is 6.04. The van der Waals surface area contributed by atoms with Gasteiger partial charge in [-0.3, -0.25) is 9.59 Å². The lowest BCUT2D eigenvalue weighted by atomic mass is 9.70. The molecular weight excluding hydrogens is 372 g/mol. The lowest BCUT2D eigenvalue weighted by molar-refractivity contribution is -0.146. The van der Waals surface area contributed by atoms with Gasteiger partial charge in [0.25, 0.3) is 0 Å². The van der Waals surface area contributed by atoms with Gasteiger partial charge in [0.15, 0.2) is 5.78 Å². The molecule has 0 amide bonds. The summed E-state index contributed by atoms with van der Waals surface area (Å²) in [5.41, 5.74) is 5.03. The van der Waals surface area contributed by atoms with Crippen molar-refractivity contribution in [1.82, 2.24) is 0 Å². The number of rotatable bonds is 5. The Morgan fingerprint density at radius 1 is 0.667 bits per heavy atom. The number of methoxy groups -OCH3 is 1. The van der Waals surface area contributed by atoms with Gasteiger partial charge in [-0.1, -0.05) is 91.0 Å². The molecule has 0 saturated heterocycles. The van der Waals surface area contributed by atoms with Crippen LogP contribution in [0.25, 0.3) is 11.1 Å². The van der Waals surface area contributed by atoms with Gasteiger partial charge < -0.3 is 4.74 Å². The molecule has 0 heterocycles. The van der Waals surface area contributed by atoms with Crippen LogP contribution in [-0.2, 0) is 9.53 Å². The van der Waals surface area contributed by atoms with Crippen molar-refractivity contribution in [3.05, 3.63) is 108 Å². The van der Waals surface area contributed by atoms with Gasteiger partial charge in [0.05, 0.1) is 13.0 Å². The second-order valence-electron chi connectivity index (χ2n) is 7.56. The summed E-state index contributed by atoms with van der Waals surface area (Å²) in [6, 6.07) is 29.5. The summed E-state index contributed by atoms with van der Waals surface area (Å²) in [4.78, 5) is 26.2. The SMILES string of the molecule is COC(=O)[C@@H]1CC(c2ccccc2)=C(c2ccccc2)C[C@@H]1C(=O)c1ccccc1. The molecule has 0 N–H and O–H groups in total. The van der Waals surface area contributed by atoms with Crippen molar-refractivity contribution in [3.63, 3.8) is 0 Å². The second-order valence-corrected chi connectivity index (χ2v) is 7.56. The fourth-order valence-corrected chi connectivity index (χ4v) is 4.32. The number of hydrogen-bond acceptors (Lipinski definition) is 3. The molecule has 0 saturated carbocycles. The largest absolute Gasteiger partial charge is 0.469 e. The molecule has 0 bridgehead atoms. The normalized spacial score (nSPS) is 18.7. The van der Waals surface area contributed by atoms with E-state index < -0.39 is 11.8 Å². The van der Waals surface area contributed by atoms with E-state index in [1.807, 2.05) is 66.7 Å². The molecule has 3 aromatic rings. The van der Waals surface area contributed by atoms with Gasteiger partial charge in [-0.25, -0.2) is 0 Å². The molecular formula is C27H24O3. The van der Waals surface area contributed by atoms with E-state index in [4.69, 9.17) is 4.74 Å². The molecule has 3 nitrogen and oxygen atoms in total. The molecule has 4 rings (SSSR count). The van der Waals surface area contributed by atoms with Crippen molar-refractivity contribution in [1.29, 1.82) is 0 Å². The van der Waals surface area contributed by atoms with Crippen molar-refractivity contribution in [3.8, 4) is 0 Å². The Morgan fingerprint density at radius 3 is 1.57 bits per heavy atom. The van der Waals surface area contributed by atoms with E-state index in [0.717, 1.165) is 22.3 Å². The monoisotopic (exact) mass is 396 g/mol. The first-order valence-corrected chi connectivity index (χ1v) is 10.2. The van der Waals surface area contributed by atoms with E-state index >= 15 is 0 Å². The summed E-state index contributed by atoms with van der Waals surface area (Å²) in [5, 5.41) is 0. The Bertz CT molecular complexity index is 1050. The molecule has 0 aliphatic heterocycles. The lowest BCUT2D eigenvalue weighted by Crippen LogP contribution is -2.34. The van der Waals surface area contributed by atoms with Crippen LogP contribution in [0, 0.1) is 11.8 Å².